The van der Waals surface area contributed by atoms with Crippen molar-refractivity contribution >= 4 is 21.9 Å². The second kappa shape index (κ2) is 12.6. The molecule has 3 aromatic heterocycles. The van der Waals surface area contributed by atoms with Gasteiger partial charge in [0.15, 0.2) is 0 Å². The van der Waals surface area contributed by atoms with Crippen LogP contribution in [0.3, 0.4) is 0 Å². The zero-order valence-electron chi connectivity index (χ0n) is 27.5. The molecule has 0 fully saturated rings. The number of hydrogen-bond acceptors (Lipinski definition) is 2. The Morgan fingerprint density at radius 3 is 2.24 bits per heavy atom. The molecule has 1 aliphatic rings. The van der Waals surface area contributed by atoms with Gasteiger partial charge in [-0.3, -0.25) is 0 Å². The van der Waals surface area contributed by atoms with Gasteiger partial charge in [-0.15, -0.1) is 41.5 Å². The monoisotopic (exact) mass is 739 g/mol. The molecule has 0 saturated carbocycles. The Kier molecular flexibility index (Phi) is 8.07. The van der Waals surface area contributed by atoms with E-state index < -0.39 is 6.17 Å². The number of halogens is 1. The van der Waals surface area contributed by atoms with Gasteiger partial charge < -0.3 is 9.55 Å². The number of hydrogen-bond donors (Lipinski definition) is 0. The maximum atomic E-state index is 16.4. The van der Waals surface area contributed by atoms with Gasteiger partial charge in [0.2, 0.25) is 0 Å². The van der Waals surface area contributed by atoms with E-state index >= 15 is 4.39 Å². The third-order valence-corrected chi connectivity index (χ3v) is 10.1. The first-order chi connectivity index (χ1) is 24.0. The molecule has 0 saturated heterocycles. The molecule has 0 amide bonds. The van der Waals surface area contributed by atoms with E-state index in [1.165, 1.54) is 33.2 Å². The second-order valence-electron chi connectivity index (χ2n) is 13.3. The average molecular weight is 740 g/mol. The average Bonchev–Trinajstić information content (AvgIpc) is 3.50. The largest absolute Gasteiger partial charge is 2.00 e. The quantitative estimate of drug-likeness (QED) is 0.130. The summed E-state index contributed by atoms with van der Waals surface area (Å²) in [7, 11) is 0. The van der Waals surface area contributed by atoms with Crippen molar-refractivity contribution in [2.45, 2.75) is 31.4 Å². The van der Waals surface area contributed by atoms with Crippen molar-refractivity contribution in [3.05, 3.63) is 197 Å². The molecule has 8 aromatic rings. The summed E-state index contributed by atoms with van der Waals surface area (Å²) in [6.45, 7) is 4.67. The summed E-state index contributed by atoms with van der Waals surface area (Å²) in [6, 6.07) is 52.0. The number of aromatic nitrogens is 3. The third kappa shape index (κ3) is 5.04. The first-order valence-corrected chi connectivity index (χ1v) is 16.7. The zero-order chi connectivity index (χ0) is 33.1. The van der Waals surface area contributed by atoms with Crippen molar-refractivity contribution in [2.24, 2.45) is 0 Å². The predicted molar refractivity (Wildman–Crippen MR) is 195 cm³/mol. The summed E-state index contributed by atoms with van der Waals surface area (Å²) in [6.07, 6.45) is 2.15. The maximum Gasteiger partial charge on any atom is 2.00 e. The van der Waals surface area contributed by atoms with Crippen molar-refractivity contribution < 1.29 is 24.8 Å². The molecule has 0 bridgehead atoms. The van der Waals surface area contributed by atoms with Gasteiger partial charge in [0.25, 0.3) is 0 Å². The van der Waals surface area contributed by atoms with Gasteiger partial charge >= 0.3 is 20.4 Å². The molecular formula is C45H32FN3Pd. The van der Waals surface area contributed by atoms with Crippen LogP contribution in [-0.2, 0) is 25.8 Å². The van der Waals surface area contributed by atoms with Crippen LogP contribution < -0.4 is 0 Å². The van der Waals surface area contributed by atoms with E-state index in [9.17, 15) is 0 Å². The first kappa shape index (κ1) is 32.0. The number of alkyl halides is 1. The fourth-order valence-electron chi connectivity index (χ4n) is 7.96. The van der Waals surface area contributed by atoms with Crippen molar-refractivity contribution in [3.8, 4) is 16.9 Å². The van der Waals surface area contributed by atoms with Crippen LogP contribution in [-0.4, -0.2) is 14.5 Å². The molecule has 2 unspecified atom stereocenters. The molecule has 2 atom stereocenters. The molecule has 244 valence electrons. The second-order valence-corrected chi connectivity index (χ2v) is 13.3. The number of rotatable bonds is 5. The molecule has 0 radical (unpaired) electrons. The summed E-state index contributed by atoms with van der Waals surface area (Å²) < 4.78 is 18.5. The summed E-state index contributed by atoms with van der Waals surface area (Å²) in [4.78, 5) is 9.36. The van der Waals surface area contributed by atoms with E-state index in [0.29, 0.717) is 11.1 Å². The van der Waals surface area contributed by atoms with E-state index in [4.69, 9.17) is 4.98 Å². The molecule has 0 aliphatic heterocycles. The Balaban J connectivity index is 0.00000361. The van der Waals surface area contributed by atoms with Crippen LogP contribution in [0.2, 0.25) is 0 Å². The van der Waals surface area contributed by atoms with Crippen LogP contribution in [0, 0.1) is 12.1 Å². The Bertz CT molecular complexity index is 2500. The van der Waals surface area contributed by atoms with Crippen molar-refractivity contribution in [2.75, 3.05) is 0 Å². The maximum absolute atomic E-state index is 16.4. The normalized spacial score (nSPS) is 15.2. The van der Waals surface area contributed by atoms with Crippen LogP contribution in [0.25, 0.3) is 38.9 Å². The summed E-state index contributed by atoms with van der Waals surface area (Å²) >= 11 is 0. The van der Waals surface area contributed by atoms with Crippen LogP contribution in [0.15, 0.2) is 146 Å². The third-order valence-electron chi connectivity index (χ3n) is 10.1. The molecule has 3 nitrogen and oxygen atoms in total. The smallest absolute Gasteiger partial charge is 0.318 e. The Morgan fingerprint density at radius 2 is 1.42 bits per heavy atom. The van der Waals surface area contributed by atoms with Gasteiger partial charge in [-0.2, -0.15) is 18.2 Å². The fraction of sp³-hybridized carbons (Fsp3) is 0.111. The first-order valence-electron chi connectivity index (χ1n) is 16.7. The van der Waals surface area contributed by atoms with E-state index in [1.54, 1.807) is 18.3 Å². The Labute approximate surface area is 305 Å². The van der Waals surface area contributed by atoms with Crippen LogP contribution in [0.1, 0.15) is 64.9 Å². The zero-order valence-corrected chi connectivity index (χ0v) is 29.1. The SMILES string of the molecule is CC1(C)c2ccccc2C(c2ccccc2)c2ccc3c(c21)c1cccnc1n3-c1[c-]c(C(F)c2[c-]c(-c3ccccn3)ccc2)ccc1.[Pd+2]. The van der Waals surface area contributed by atoms with Gasteiger partial charge in [0.1, 0.15) is 11.8 Å². The van der Waals surface area contributed by atoms with E-state index in [0.717, 1.165) is 33.5 Å². The van der Waals surface area contributed by atoms with E-state index in [2.05, 4.69) is 108 Å². The van der Waals surface area contributed by atoms with Gasteiger partial charge in [0, 0.05) is 34.5 Å². The molecule has 5 aromatic carbocycles. The van der Waals surface area contributed by atoms with E-state index in [1.807, 2.05) is 54.7 Å². The van der Waals surface area contributed by atoms with Gasteiger partial charge in [0.05, 0.1) is 5.52 Å². The molecule has 3 heterocycles. The fourth-order valence-corrected chi connectivity index (χ4v) is 7.96. The van der Waals surface area contributed by atoms with Crippen LogP contribution >= 0.6 is 0 Å². The number of nitrogens with zero attached hydrogens (tertiary/aromatic N) is 3. The standard InChI is InChI=1S/C45H32FN3.Pd/c1-45(2)37-21-7-6-19-34(37)40(29-13-4-3-5-14-29)35-23-24-39-41(42(35)45)36-20-12-26-48-44(36)49(39)33-18-11-17-32(28-33)43(46)31-16-10-15-30(27-31)38-22-8-9-25-47-38;/h3-26,40,43H,1-2H3;/q-2;+2. The van der Waals surface area contributed by atoms with Gasteiger partial charge in [-0.1, -0.05) is 97.9 Å². The topological polar surface area (TPSA) is 30.7 Å². The number of fused-ring (bicyclic) bond motifs is 6. The minimum atomic E-state index is -1.42. The summed E-state index contributed by atoms with van der Waals surface area (Å²) in [5, 5.41) is 2.24. The molecule has 5 heteroatoms. The molecule has 0 N–H and O–H groups in total. The molecule has 0 spiro atoms. The molecule has 50 heavy (non-hydrogen) atoms. The van der Waals surface area contributed by atoms with Crippen LogP contribution in [0.4, 0.5) is 4.39 Å². The van der Waals surface area contributed by atoms with Crippen molar-refractivity contribution in [3.63, 3.8) is 0 Å². The summed E-state index contributed by atoms with van der Waals surface area (Å²) in [5.41, 5.74) is 11.2. The summed E-state index contributed by atoms with van der Waals surface area (Å²) in [5.74, 6) is 0.0974. The van der Waals surface area contributed by atoms with Crippen molar-refractivity contribution in [1.29, 1.82) is 0 Å². The molecule has 1 aliphatic carbocycles. The van der Waals surface area contributed by atoms with Crippen molar-refractivity contribution in [1.82, 2.24) is 14.5 Å². The minimum Gasteiger partial charge on any atom is -0.318 e. The molecular weight excluding hydrogens is 708 g/mol. The van der Waals surface area contributed by atoms with Crippen LogP contribution in [0.5, 0.6) is 0 Å². The minimum absolute atomic E-state index is 0. The Morgan fingerprint density at radius 1 is 0.680 bits per heavy atom. The van der Waals surface area contributed by atoms with Gasteiger partial charge in [-0.05, 0) is 57.8 Å². The Hall–Kier alpha value is -5.21. The number of pyridine rings is 2. The molecule has 9 rings (SSSR count). The van der Waals surface area contributed by atoms with Gasteiger partial charge in [-0.25, -0.2) is 9.37 Å². The van der Waals surface area contributed by atoms with E-state index in [-0.39, 0.29) is 31.8 Å². The number of benzene rings is 5. The predicted octanol–water partition coefficient (Wildman–Crippen LogP) is 10.7.